The molecule has 0 radical (unpaired) electrons. The Morgan fingerprint density at radius 2 is 1.94 bits per heavy atom. The van der Waals surface area contributed by atoms with E-state index in [0.29, 0.717) is 36.9 Å². The first-order valence-corrected chi connectivity index (χ1v) is 11.4. The molecule has 10 heteroatoms. The number of urea groups is 1. The third kappa shape index (κ3) is 6.24. The third-order valence-corrected chi connectivity index (χ3v) is 5.72. The van der Waals surface area contributed by atoms with Crippen molar-refractivity contribution in [3.8, 4) is 0 Å². The van der Waals surface area contributed by atoms with Crippen LogP contribution in [0.5, 0.6) is 0 Å². The van der Waals surface area contributed by atoms with E-state index in [1.165, 1.54) is 6.20 Å². The molecule has 4 rings (SSSR count). The molecule has 2 aromatic carbocycles. The standard InChI is InChI=1S/C25H29N7O3/c1-35-16-20-11-6-12-32(20)25(34)30-19-10-5-9-18(13-19)29-24-28-15-21(22(26)33)23(31-24)27-14-17-7-3-2-4-8-17/h2-5,7-10,13,15,20H,6,11-12,14,16H2,1H3,(H2,26,33)(H,30,34)(H2,27,28,29,31)/t20-/m1/s1. The van der Waals surface area contributed by atoms with Crippen molar-refractivity contribution in [2.45, 2.75) is 25.4 Å². The number of hydrogen-bond donors (Lipinski definition) is 4. The number of primary amides is 1. The second kappa shape index (κ2) is 11.3. The average Bonchev–Trinajstić information content (AvgIpc) is 3.32. The number of methoxy groups -OCH3 is 1. The summed E-state index contributed by atoms with van der Waals surface area (Å²) in [5, 5.41) is 9.23. The van der Waals surface area contributed by atoms with E-state index in [0.717, 1.165) is 18.4 Å². The van der Waals surface area contributed by atoms with Crippen LogP contribution in [0.1, 0.15) is 28.8 Å². The molecular weight excluding hydrogens is 446 g/mol. The number of nitrogens with one attached hydrogen (secondary N) is 3. The van der Waals surface area contributed by atoms with E-state index in [4.69, 9.17) is 10.5 Å². The molecule has 1 aliphatic rings. The van der Waals surface area contributed by atoms with Crippen molar-refractivity contribution in [3.05, 3.63) is 71.9 Å². The maximum atomic E-state index is 12.8. The van der Waals surface area contributed by atoms with E-state index in [1.54, 1.807) is 18.1 Å². The monoisotopic (exact) mass is 475 g/mol. The van der Waals surface area contributed by atoms with Crippen LogP contribution in [0.4, 0.5) is 27.9 Å². The molecule has 0 bridgehead atoms. The number of rotatable bonds is 9. The zero-order valence-electron chi connectivity index (χ0n) is 19.5. The first-order valence-electron chi connectivity index (χ1n) is 11.4. The van der Waals surface area contributed by atoms with E-state index in [-0.39, 0.29) is 23.6 Å². The molecule has 3 amide bonds. The van der Waals surface area contributed by atoms with Crippen molar-refractivity contribution in [3.63, 3.8) is 0 Å². The predicted molar refractivity (Wildman–Crippen MR) is 135 cm³/mol. The van der Waals surface area contributed by atoms with Gasteiger partial charge in [0, 0.05) is 37.8 Å². The lowest BCUT2D eigenvalue weighted by Crippen LogP contribution is -2.40. The van der Waals surface area contributed by atoms with Crippen molar-refractivity contribution >= 4 is 35.1 Å². The Balaban J connectivity index is 1.45. The van der Waals surface area contributed by atoms with Gasteiger partial charge in [-0.15, -0.1) is 0 Å². The molecule has 35 heavy (non-hydrogen) atoms. The molecule has 1 aromatic heterocycles. The lowest BCUT2D eigenvalue weighted by molar-refractivity contribution is 0.100. The summed E-state index contributed by atoms with van der Waals surface area (Å²) in [5.41, 5.74) is 8.05. The van der Waals surface area contributed by atoms with Crippen LogP contribution in [0, 0.1) is 0 Å². The summed E-state index contributed by atoms with van der Waals surface area (Å²) >= 11 is 0. The largest absolute Gasteiger partial charge is 0.383 e. The van der Waals surface area contributed by atoms with E-state index >= 15 is 0 Å². The fourth-order valence-electron chi connectivity index (χ4n) is 4.01. The average molecular weight is 476 g/mol. The molecule has 3 aromatic rings. The Morgan fingerprint density at radius 1 is 1.14 bits per heavy atom. The van der Waals surface area contributed by atoms with Crippen LogP contribution in [-0.2, 0) is 11.3 Å². The van der Waals surface area contributed by atoms with Gasteiger partial charge in [0.15, 0.2) is 0 Å². The highest BCUT2D eigenvalue weighted by Crippen LogP contribution is 2.23. The second-order valence-corrected chi connectivity index (χ2v) is 8.24. The third-order valence-electron chi connectivity index (χ3n) is 5.72. The van der Waals surface area contributed by atoms with Crippen LogP contribution >= 0.6 is 0 Å². The number of nitrogens with zero attached hydrogens (tertiary/aromatic N) is 3. The molecule has 0 unspecified atom stereocenters. The summed E-state index contributed by atoms with van der Waals surface area (Å²) in [7, 11) is 1.64. The number of likely N-dealkylation sites (tertiary alicyclic amines) is 1. The van der Waals surface area contributed by atoms with Crippen LogP contribution < -0.4 is 21.7 Å². The molecule has 1 atom stereocenters. The molecular formula is C25H29N7O3. The maximum absolute atomic E-state index is 12.8. The first-order chi connectivity index (χ1) is 17.0. The minimum Gasteiger partial charge on any atom is -0.383 e. The first kappa shape index (κ1) is 24.0. The van der Waals surface area contributed by atoms with Crippen molar-refractivity contribution in [2.75, 3.05) is 36.2 Å². The van der Waals surface area contributed by atoms with Gasteiger partial charge in [0.05, 0.1) is 18.2 Å². The van der Waals surface area contributed by atoms with Gasteiger partial charge in [0.2, 0.25) is 5.95 Å². The number of aromatic nitrogens is 2. The normalized spacial score (nSPS) is 15.0. The van der Waals surface area contributed by atoms with E-state index < -0.39 is 5.91 Å². The number of amides is 3. The Bertz CT molecular complexity index is 1170. The summed E-state index contributed by atoms with van der Waals surface area (Å²) in [6, 6.07) is 16.9. The summed E-state index contributed by atoms with van der Waals surface area (Å²) in [4.78, 5) is 35.1. The van der Waals surface area contributed by atoms with Gasteiger partial charge in [0.25, 0.3) is 5.91 Å². The van der Waals surface area contributed by atoms with Crippen LogP contribution in [0.3, 0.4) is 0 Å². The van der Waals surface area contributed by atoms with Crippen molar-refractivity contribution in [1.29, 1.82) is 0 Å². The van der Waals surface area contributed by atoms with Gasteiger partial charge in [-0.1, -0.05) is 36.4 Å². The second-order valence-electron chi connectivity index (χ2n) is 8.24. The molecule has 1 saturated heterocycles. The Morgan fingerprint density at radius 3 is 2.71 bits per heavy atom. The lowest BCUT2D eigenvalue weighted by Gasteiger charge is -2.24. The molecule has 1 aliphatic heterocycles. The maximum Gasteiger partial charge on any atom is 0.322 e. The van der Waals surface area contributed by atoms with Crippen LogP contribution in [0.25, 0.3) is 0 Å². The van der Waals surface area contributed by atoms with Crippen molar-refractivity contribution in [2.24, 2.45) is 5.73 Å². The molecule has 10 nitrogen and oxygen atoms in total. The molecule has 2 heterocycles. The van der Waals surface area contributed by atoms with E-state index in [9.17, 15) is 9.59 Å². The molecule has 0 spiro atoms. The smallest absolute Gasteiger partial charge is 0.322 e. The minimum absolute atomic E-state index is 0.0836. The quantitative estimate of drug-likeness (QED) is 0.372. The molecule has 0 aliphatic carbocycles. The number of nitrogens with two attached hydrogens (primary N) is 1. The SMILES string of the molecule is COC[C@H]1CCCN1C(=O)Nc1cccc(Nc2ncc(C(N)=O)c(NCc3ccccc3)n2)c1. The van der Waals surface area contributed by atoms with Crippen LogP contribution in [-0.4, -0.2) is 53.1 Å². The van der Waals surface area contributed by atoms with Crippen LogP contribution in [0.2, 0.25) is 0 Å². The highest BCUT2D eigenvalue weighted by atomic mass is 16.5. The summed E-state index contributed by atoms with van der Waals surface area (Å²) in [5.74, 6) is 0.000722. The minimum atomic E-state index is -0.620. The number of anilines is 4. The Kier molecular flexibility index (Phi) is 7.74. The van der Waals surface area contributed by atoms with E-state index in [1.807, 2.05) is 48.5 Å². The Hall–Kier alpha value is -4.18. The zero-order valence-corrected chi connectivity index (χ0v) is 19.5. The highest BCUT2D eigenvalue weighted by molar-refractivity contribution is 5.97. The predicted octanol–water partition coefficient (Wildman–Crippen LogP) is 3.57. The van der Waals surface area contributed by atoms with Gasteiger partial charge in [0.1, 0.15) is 5.82 Å². The van der Waals surface area contributed by atoms with Crippen molar-refractivity contribution in [1.82, 2.24) is 14.9 Å². The number of hydrogen-bond acceptors (Lipinski definition) is 7. The fraction of sp³-hybridized carbons (Fsp3) is 0.280. The van der Waals surface area contributed by atoms with Gasteiger partial charge in [-0.3, -0.25) is 4.79 Å². The lowest BCUT2D eigenvalue weighted by atomic mass is 10.2. The van der Waals surface area contributed by atoms with Gasteiger partial charge in [-0.25, -0.2) is 9.78 Å². The summed E-state index contributed by atoms with van der Waals surface area (Å²) in [6.45, 7) is 1.70. The van der Waals surface area contributed by atoms with Gasteiger partial charge < -0.3 is 31.3 Å². The molecule has 1 fully saturated rings. The number of carbonyl (C=O) groups excluding carboxylic acids is 2. The number of ether oxygens (including phenoxy) is 1. The molecule has 182 valence electrons. The highest BCUT2D eigenvalue weighted by Gasteiger charge is 2.28. The number of benzene rings is 2. The Labute approximate surface area is 203 Å². The summed E-state index contributed by atoms with van der Waals surface area (Å²) in [6.07, 6.45) is 3.28. The molecule has 5 N–H and O–H groups in total. The summed E-state index contributed by atoms with van der Waals surface area (Å²) < 4.78 is 5.24. The van der Waals surface area contributed by atoms with Gasteiger partial charge in [-0.2, -0.15) is 4.98 Å². The van der Waals surface area contributed by atoms with E-state index in [2.05, 4.69) is 25.9 Å². The number of carbonyl (C=O) groups is 2. The fourth-order valence-corrected chi connectivity index (χ4v) is 4.01. The van der Waals surface area contributed by atoms with Crippen LogP contribution in [0.15, 0.2) is 60.8 Å². The van der Waals surface area contributed by atoms with Gasteiger partial charge in [-0.05, 0) is 36.6 Å². The van der Waals surface area contributed by atoms with Crippen molar-refractivity contribution < 1.29 is 14.3 Å². The topological polar surface area (TPSA) is 134 Å². The molecule has 0 saturated carbocycles. The van der Waals surface area contributed by atoms with Gasteiger partial charge >= 0.3 is 6.03 Å². The zero-order chi connectivity index (χ0) is 24.6.